The molecule has 0 spiro atoms. The molecular formula is C20H24FN3O2. The van der Waals surface area contributed by atoms with Crippen LogP contribution in [0.5, 0.6) is 0 Å². The predicted molar refractivity (Wildman–Crippen MR) is 95.9 cm³/mol. The lowest BCUT2D eigenvalue weighted by atomic mass is 9.89. The first kappa shape index (κ1) is 17.2. The molecule has 2 aliphatic rings. The molecule has 4 rings (SSSR count). The third-order valence-corrected chi connectivity index (χ3v) is 5.39. The second-order valence-electron chi connectivity index (χ2n) is 7.43. The van der Waals surface area contributed by atoms with E-state index in [0.29, 0.717) is 43.3 Å². The van der Waals surface area contributed by atoms with E-state index in [1.54, 1.807) is 18.4 Å². The molecule has 1 aromatic heterocycles. The van der Waals surface area contributed by atoms with Crippen molar-refractivity contribution in [1.29, 1.82) is 0 Å². The fraction of sp³-hybridized carbons (Fsp3) is 0.500. The lowest BCUT2D eigenvalue weighted by Gasteiger charge is -2.28. The van der Waals surface area contributed by atoms with E-state index >= 15 is 0 Å². The fourth-order valence-electron chi connectivity index (χ4n) is 4.15. The van der Waals surface area contributed by atoms with Crippen LogP contribution in [0, 0.1) is 11.7 Å². The molecule has 0 aliphatic carbocycles. The van der Waals surface area contributed by atoms with Crippen molar-refractivity contribution in [2.24, 2.45) is 5.92 Å². The Kier molecular flexibility index (Phi) is 5.02. The molecule has 2 atom stereocenters. The number of carbonyl (C=O) groups is 1. The van der Waals surface area contributed by atoms with Crippen LogP contribution in [0.15, 0.2) is 34.9 Å². The Morgan fingerprint density at radius 1 is 1.23 bits per heavy atom. The molecule has 1 aromatic carbocycles. The zero-order chi connectivity index (χ0) is 17.9. The molecule has 138 valence electrons. The molecule has 2 aliphatic heterocycles. The lowest BCUT2D eigenvalue weighted by molar-refractivity contribution is -0.122. The number of piperidine rings is 1. The molecule has 26 heavy (non-hydrogen) atoms. The summed E-state index contributed by atoms with van der Waals surface area (Å²) in [4.78, 5) is 16.6. The molecule has 0 radical (unpaired) electrons. The monoisotopic (exact) mass is 357 g/mol. The first-order valence-corrected chi connectivity index (χ1v) is 9.39. The number of rotatable bonds is 6. The third kappa shape index (κ3) is 4.12. The number of nitrogens with zero attached hydrogens (tertiary/aromatic N) is 1. The topological polar surface area (TPSA) is 67.2 Å². The Labute approximate surface area is 152 Å². The van der Waals surface area contributed by atoms with Gasteiger partial charge in [-0.3, -0.25) is 4.79 Å². The first-order valence-electron chi connectivity index (χ1n) is 9.39. The van der Waals surface area contributed by atoms with Gasteiger partial charge in [-0.05, 0) is 55.9 Å². The van der Waals surface area contributed by atoms with Crippen molar-refractivity contribution in [3.05, 3.63) is 42.0 Å². The van der Waals surface area contributed by atoms with Gasteiger partial charge in [-0.15, -0.1) is 0 Å². The number of oxazole rings is 1. The smallest absolute Gasteiger partial charge is 0.226 e. The van der Waals surface area contributed by atoms with Crippen LogP contribution in [0.3, 0.4) is 0 Å². The van der Waals surface area contributed by atoms with Gasteiger partial charge < -0.3 is 15.1 Å². The number of amides is 1. The minimum atomic E-state index is -0.287. The van der Waals surface area contributed by atoms with Gasteiger partial charge in [0.15, 0.2) is 0 Å². The zero-order valence-electron chi connectivity index (χ0n) is 14.7. The number of fused-ring (bicyclic) bond motifs is 2. The Hall–Kier alpha value is -2.21. The summed E-state index contributed by atoms with van der Waals surface area (Å²) >= 11 is 0. The maximum atomic E-state index is 13.0. The van der Waals surface area contributed by atoms with Crippen molar-refractivity contribution in [3.63, 3.8) is 0 Å². The second-order valence-corrected chi connectivity index (χ2v) is 7.43. The molecule has 6 heteroatoms. The van der Waals surface area contributed by atoms with Gasteiger partial charge in [-0.2, -0.15) is 0 Å². The second kappa shape index (κ2) is 7.58. The van der Waals surface area contributed by atoms with Crippen molar-refractivity contribution in [2.75, 3.05) is 6.54 Å². The van der Waals surface area contributed by atoms with Crippen molar-refractivity contribution in [2.45, 2.75) is 50.6 Å². The number of nitrogens with one attached hydrogen (secondary N) is 2. The minimum Gasteiger partial charge on any atom is -0.444 e. The number of hydrogen-bond acceptors (Lipinski definition) is 4. The summed E-state index contributed by atoms with van der Waals surface area (Å²) in [6, 6.07) is 7.27. The molecule has 2 N–H and O–H groups in total. The van der Waals surface area contributed by atoms with Crippen molar-refractivity contribution >= 4 is 5.91 Å². The van der Waals surface area contributed by atoms with Crippen LogP contribution in [0.1, 0.15) is 37.8 Å². The van der Waals surface area contributed by atoms with E-state index in [0.717, 1.165) is 24.1 Å². The van der Waals surface area contributed by atoms with E-state index in [2.05, 4.69) is 15.6 Å². The van der Waals surface area contributed by atoms with E-state index in [1.165, 1.54) is 25.0 Å². The van der Waals surface area contributed by atoms with E-state index in [-0.39, 0.29) is 11.7 Å². The fourth-order valence-corrected chi connectivity index (χ4v) is 4.15. The molecule has 3 heterocycles. The van der Waals surface area contributed by atoms with Gasteiger partial charge in [-0.25, -0.2) is 9.37 Å². The van der Waals surface area contributed by atoms with Gasteiger partial charge in [-0.1, -0.05) is 0 Å². The van der Waals surface area contributed by atoms with Crippen LogP contribution in [0.2, 0.25) is 0 Å². The summed E-state index contributed by atoms with van der Waals surface area (Å²) in [5, 5.41) is 6.60. The SMILES string of the molecule is O=C(CC1CC2CCC(C1)N2)NCCc1coc(-c2ccc(F)cc2)n1. The van der Waals surface area contributed by atoms with Crippen molar-refractivity contribution in [3.8, 4) is 11.5 Å². The number of aromatic nitrogens is 1. The number of carbonyl (C=O) groups excluding carboxylic acids is 1. The highest BCUT2D eigenvalue weighted by molar-refractivity contribution is 5.76. The Morgan fingerprint density at radius 2 is 1.96 bits per heavy atom. The Morgan fingerprint density at radius 3 is 2.69 bits per heavy atom. The van der Waals surface area contributed by atoms with Crippen LogP contribution in [0.4, 0.5) is 4.39 Å². The molecule has 2 saturated heterocycles. The summed E-state index contributed by atoms with van der Waals surface area (Å²) in [5.41, 5.74) is 1.52. The van der Waals surface area contributed by atoms with Gasteiger partial charge in [0.2, 0.25) is 11.8 Å². The highest BCUT2D eigenvalue weighted by atomic mass is 19.1. The average Bonchev–Trinajstić information content (AvgIpc) is 3.22. The summed E-state index contributed by atoms with van der Waals surface area (Å²) < 4.78 is 18.4. The van der Waals surface area contributed by atoms with E-state index in [1.807, 2.05) is 0 Å². The number of halogens is 1. The molecule has 2 unspecified atom stereocenters. The molecule has 2 fully saturated rings. The maximum absolute atomic E-state index is 13.0. The summed E-state index contributed by atoms with van der Waals surface area (Å²) in [7, 11) is 0. The predicted octanol–water partition coefficient (Wildman–Crippen LogP) is 3.06. The van der Waals surface area contributed by atoms with Gasteiger partial charge in [0, 0.05) is 37.0 Å². The van der Waals surface area contributed by atoms with E-state index in [4.69, 9.17) is 4.42 Å². The zero-order valence-corrected chi connectivity index (χ0v) is 14.7. The van der Waals surface area contributed by atoms with Crippen LogP contribution < -0.4 is 10.6 Å². The maximum Gasteiger partial charge on any atom is 0.226 e. The Balaban J connectivity index is 1.22. The summed E-state index contributed by atoms with van der Waals surface area (Å²) in [6.45, 7) is 0.548. The molecule has 1 amide bonds. The highest BCUT2D eigenvalue weighted by Crippen LogP contribution is 2.32. The summed E-state index contributed by atoms with van der Waals surface area (Å²) in [5.74, 6) is 0.811. The standard InChI is InChI=1S/C20H24FN3O2/c21-15-3-1-14(2-4-15)20-24-18(12-26-20)7-8-22-19(25)11-13-9-16-5-6-17(10-13)23-16/h1-4,12-13,16-17,23H,5-11H2,(H,22,25). The van der Waals surface area contributed by atoms with Crippen LogP contribution >= 0.6 is 0 Å². The van der Waals surface area contributed by atoms with Crippen LogP contribution in [-0.2, 0) is 11.2 Å². The van der Waals surface area contributed by atoms with Crippen molar-refractivity contribution < 1.29 is 13.6 Å². The van der Waals surface area contributed by atoms with Crippen LogP contribution in [-0.4, -0.2) is 29.5 Å². The molecule has 2 aromatic rings. The lowest BCUT2D eigenvalue weighted by Crippen LogP contribution is -2.39. The average molecular weight is 357 g/mol. The largest absolute Gasteiger partial charge is 0.444 e. The number of hydrogen-bond donors (Lipinski definition) is 2. The molecule has 5 nitrogen and oxygen atoms in total. The van der Waals surface area contributed by atoms with Crippen molar-refractivity contribution in [1.82, 2.24) is 15.6 Å². The van der Waals surface area contributed by atoms with Gasteiger partial charge >= 0.3 is 0 Å². The third-order valence-electron chi connectivity index (χ3n) is 5.39. The minimum absolute atomic E-state index is 0.124. The van der Waals surface area contributed by atoms with Gasteiger partial charge in [0.05, 0.1) is 5.69 Å². The highest BCUT2D eigenvalue weighted by Gasteiger charge is 2.34. The Bertz CT molecular complexity index is 747. The van der Waals surface area contributed by atoms with Crippen LogP contribution in [0.25, 0.3) is 11.5 Å². The number of benzene rings is 1. The molecular weight excluding hydrogens is 333 g/mol. The summed E-state index contributed by atoms with van der Waals surface area (Å²) in [6.07, 6.45) is 7.58. The van der Waals surface area contributed by atoms with Gasteiger partial charge in [0.1, 0.15) is 12.1 Å². The van der Waals surface area contributed by atoms with Gasteiger partial charge in [0.25, 0.3) is 0 Å². The normalized spacial score (nSPS) is 24.6. The van der Waals surface area contributed by atoms with E-state index < -0.39 is 0 Å². The van der Waals surface area contributed by atoms with E-state index in [9.17, 15) is 9.18 Å². The molecule has 0 saturated carbocycles. The quantitative estimate of drug-likeness (QED) is 0.834. The molecule has 2 bridgehead atoms. The first-order chi connectivity index (χ1) is 12.7.